The predicted molar refractivity (Wildman–Crippen MR) is 251 cm³/mol. The van der Waals surface area contributed by atoms with Crippen LogP contribution in [0.3, 0.4) is 0 Å². The zero-order chi connectivity index (χ0) is 45.9. The number of azo groups is 1. The second-order valence-electron chi connectivity index (χ2n) is 18.1. The summed E-state index contributed by atoms with van der Waals surface area (Å²) < 4.78 is 49.2. The number of methoxy groups -OCH3 is 1. The number of phenolic OH excluding ortho intramolecular Hbond substituents is 1. The lowest BCUT2D eigenvalue weighted by Gasteiger charge is -2.34. The van der Waals surface area contributed by atoms with Crippen molar-refractivity contribution in [1.29, 1.82) is 5.26 Å². The Hall–Kier alpha value is -5.13. The molecule has 0 atom stereocenters. The van der Waals surface area contributed by atoms with Gasteiger partial charge in [0.2, 0.25) is 0 Å². The molecule has 4 rings (SSSR count). The molecule has 0 fully saturated rings. The Balaban J connectivity index is 1.52. The molecule has 344 valence electrons. The standard InChI is InChI=1S/C49H70N6O7S/c1-8-9-10-11-12-13-14-15-16-17-18-19-20-24-29-61-45-34-40(43(56)33-39(45)49(5,6)36-48(2,3)4)54-63(58,59)38-27-28-44(62-31-30-60-7)41(32-38)51-52-46-42(35-50)53-55(47(46)57)37-25-22-21-23-26-37/h21-23,25-28,32-34,53-54,56H,8-20,24,29-31,36H2,1-7H3. The van der Waals surface area contributed by atoms with E-state index in [0.717, 1.165) is 31.2 Å². The van der Waals surface area contributed by atoms with Crippen LogP contribution in [0.4, 0.5) is 17.1 Å². The molecule has 13 nitrogen and oxygen atoms in total. The molecule has 3 aromatic carbocycles. The first kappa shape index (κ1) is 50.5. The molecule has 0 spiro atoms. The zero-order valence-corrected chi connectivity index (χ0v) is 39.4. The first-order valence-electron chi connectivity index (χ1n) is 22.6. The number of para-hydroxylation sites is 1. The number of nitriles is 1. The Labute approximate surface area is 375 Å². The van der Waals surface area contributed by atoms with Crippen LogP contribution >= 0.6 is 0 Å². The van der Waals surface area contributed by atoms with Crippen molar-refractivity contribution in [3.05, 3.63) is 82.3 Å². The van der Waals surface area contributed by atoms with Gasteiger partial charge in [-0.15, -0.1) is 10.2 Å². The molecule has 0 amide bonds. The minimum Gasteiger partial charge on any atom is -0.506 e. The topological polar surface area (TPSA) is 180 Å². The van der Waals surface area contributed by atoms with E-state index in [-0.39, 0.29) is 57.8 Å². The van der Waals surface area contributed by atoms with Crippen molar-refractivity contribution < 1.29 is 27.7 Å². The number of anilines is 1. The van der Waals surface area contributed by atoms with Crippen LogP contribution in [0, 0.1) is 16.7 Å². The molecule has 63 heavy (non-hydrogen) atoms. The van der Waals surface area contributed by atoms with Gasteiger partial charge in [-0.05, 0) is 60.1 Å². The molecule has 1 heterocycles. The first-order valence-corrected chi connectivity index (χ1v) is 24.1. The number of phenols is 1. The molecule has 0 unspecified atom stereocenters. The number of hydrogen-bond donors (Lipinski definition) is 3. The number of hydrogen-bond acceptors (Lipinski definition) is 10. The van der Waals surface area contributed by atoms with Crippen LogP contribution in [0.2, 0.25) is 0 Å². The number of rotatable bonds is 28. The normalized spacial score (nSPS) is 12.2. The van der Waals surface area contributed by atoms with Gasteiger partial charge in [-0.3, -0.25) is 14.6 Å². The number of ether oxygens (including phenoxy) is 3. The van der Waals surface area contributed by atoms with Crippen molar-refractivity contribution >= 4 is 27.1 Å². The van der Waals surface area contributed by atoms with E-state index in [0.29, 0.717) is 18.0 Å². The fraction of sp³-hybridized carbons (Fsp3) is 0.551. The summed E-state index contributed by atoms with van der Waals surface area (Å²) in [6.07, 6.45) is 18.3. The second kappa shape index (κ2) is 24.6. The molecule has 0 radical (unpaired) electrons. The summed E-state index contributed by atoms with van der Waals surface area (Å²) in [6.45, 7) is 13.8. The Bertz CT molecular complexity index is 2270. The van der Waals surface area contributed by atoms with E-state index < -0.39 is 21.0 Å². The van der Waals surface area contributed by atoms with E-state index in [2.05, 4.69) is 61.6 Å². The highest BCUT2D eigenvalue weighted by Crippen LogP contribution is 2.45. The first-order chi connectivity index (χ1) is 30.1. The molecular weight excluding hydrogens is 817 g/mol. The average Bonchev–Trinajstić information content (AvgIpc) is 3.56. The predicted octanol–water partition coefficient (Wildman–Crippen LogP) is 12.6. The van der Waals surface area contributed by atoms with Crippen molar-refractivity contribution in [2.45, 2.75) is 148 Å². The molecular formula is C49H70N6O7S. The lowest BCUT2D eigenvalue weighted by molar-refractivity contribution is 0.146. The number of aromatic nitrogens is 2. The molecule has 0 aliphatic rings. The lowest BCUT2D eigenvalue weighted by Crippen LogP contribution is -2.26. The van der Waals surface area contributed by atoms with Gasteiger partial charge >= 0.3 is 0 Å². The lowest BCUT2D eigenvalue weighted by atomic mass is 9.72. The van der Waals surface area contributed by atoms with E-state index in [1.807, 2.05) is 6.07 Å². The van der Waals surface area contributed by atoms with Crippen molar-refractivity contribution in [3.63, 3.8) is 0 Å². The Morgan fingerprint density at radius 1 is 0.778 bits per heavy atom. The fourth-order valence-corrected chi connectivity index (χ4v) is 9.05. The van der Waals surface area contributed by atoms with Crippen molar-refractivity contribution in [2.75, 3.05) is 31.7 Å². The molecule has 0 aliphatic heterocycles. The molecule has 3 N–H and O–H groups in total. The van der Waals surface area contributed by atoms with Crippen molar-refractivity contribution in [3.8, 4) is 29.0 Å². The van der Waals surface area contributed by atoms with E-state index in [9.17, 15) is 23.6 Å². The highest BCUT2D eigenvalue weighted by molar-refractivity contribution is 7.92. The van der Waals surface area contributed by atoms with Gasteiger partial charge in [0.25, 0.3) is 15.6 Å². The summed E-state index contributed by atoms with van der Waals surface area (Å²) in [7, 11) is -2.84. The quantitative estimate of drug-likeness (QED) is 0.0286. The SMILES string of the molecule is CCCCCCCCCCCCCCCCOc1cc(NS(=O)(=O)c2ccc(OCCOC)c(N=Nc3c(C#N)[nH]n(-c4ccccc4)c3=O)c2)c(O)cc1C(C)(C)CC(C)(C)C. The summed E-state index contributed by atoms with van der Waals surface area (Å²) in [5.41, 5.74) is -0.259. The largest absolute Gasteiger partial charge is 0.506 e. The van der Waals surface area contributed by atoms with E-state index >= 15 is 0 Å². The van der Waals surface area contributed by atoms with Gasteiger partial charge in [-0.1, -0.05) is 143 Å². The van der Waals surface area contributed by atoms with Crippen LogP contribution in [0.15, 0.2) is 80.6 Å². The number of nitrogens with one attached hydrogen (secondary N) is 2. The van der Waals surface area contributed by atoms with Gasteiger partial charge in [-0.25, -0.2) is 13.1 Å². The summed E-state index contributed by atoms with van der Waals surface area (Å²) in [5, 5.41) is 32.2. The molecule has 0 bridgehead atoms. The number of aromatic hydroxyl groups is 1. The van der Waals surface area contributed by atoms with Crippen LogP contribution < -0.4 is 19.8 Å². The Morgan fingerprint density at radius 2 is 1.38 bits per heavy atom. The molecule has 0 saturated carbocycles. The summed E-state index contributed by atoms with van der Waals surface area (Å²) in [6, 6.07) is 17.8. The Morgan fingerprint density at radius 3 is 1.97 bits per heavy atom. The summed E-state index contributed by atoms with van der Waals surface area (Å²) in [5.74, 6) is 0.427. The summed E-state index contributed by atoms with van der Waals surface area (Å²) in [4.78, 5) is 13.1. The number of unbranched alkanes of at least 4 members (excludes halogenated alkanes) is 13. The van der Waals surface area contributed by atoms with Crippen LogP contribution in [0.1, 0.15) is 149 Å². The molecule has 1 aromatic heterocycles. The van der Waals surface area contributed by atoms with Gasteiger partial charge in [0, 0.05) is 18.7 Å². The van der Waals surface area contributed by atoms with Crippen LogP contribution in [0.5, 0.6) is 17.2 Å². The highest BCUT2D eigenvalue weighted by Gasteiger charge is 2.32. The van der Waals surface area contributed by atoms with Gasteiger partial charge < -0.3 is 19.3 Å². The van der Waals surface area contributed by atoms with Gasteiger partial charge in [-0.2, -0.15) is 5.26 Å². The third kappa shape index (κ3) is 15.9. The smallest absolute Gasteiger partial charge is 0.300 e. The number of nitrogens with zero attached hydrogens (tertiary/aromatic N) is 4. The van der Waals surface area contributed by atoms with Crippen molar-refractivity contribution in [1.82, 2.24) is 9.78 Å². The number of H-pyrrole nitrogens is 1. The molecule has 14 heteroatoms. The summed E-state index contributed by atoms with van der Waals surface area (Å²) >= 11 is 0. The van der Waals surface area contributed by atoms with Crippen LogP contribution in [-0.2, 0) is 20.2 Å². The van der Waals surface area contributed by atoms with E-state index in [1.54, 1.807) is 42.5 Å². The minimum absolute atomic E-state index is 0.0228. The van der Waals surface area contributed by atoms with Gasteiger partial charge in [0.05, 0.1) is 29.5 Å². The average molecular weight is 887 g/mol. The molecule has 4 aromatic rings. The maximum Gasteiger partial charge on any atom is 0.300 e. The van der Waals surface area contributed by atoms with Crippen LogP contribution in [-0.4, -0.2) is 50.2 Å². The van der Waals surface area contributed by atoms with Gasteiger partial charge in [0.15, 0.2) is 11.4 Å². The zero-order valence-electron chi connectivity index (χ0n) is 38.6. The third-order valence-electron chi connectivity index (χ3n) is 10.8. The Kier molecular flexibility index (Phi) is 19.8. The molecule has 0 saturated heterocycles. The highest BCUT2D eigenvalue weighted by atomic mass is 32.2. The number of benzene rings is 3. The number of sulfonamides is 1. The third-order valence-corrected chi connectivity index (χ3v) is 12.2. The minimum atomic E-state index is -4.35. The second-order valence-corrected chi connectivity index (χ2v) is 19.8. The van der Waals surface area contributed by atoms with E-state index in [1.165, 1.54) is 101 Å². The van der Waals surface area contributed by atoms with Crippen LogP contribution in [0.25, 0.3) is 5.69 Å². The van der Waals surface area contributed by atoms with Crippen molar-refractivity contribution in [2.24, 2.45) is 15.6 Å². The molecule has 0 aliphatic carbocycles. The van der Waals surface area contributed by atoms with Gasteiger partial charge in [0.1, 0.15) is 35.6 Å². The number of aromatic amines is 1. The fourth-order valence-electron chi connectivity index (χ4n) is 7.96. The maximum absolute atomic E-state index is 14.1. The maximum atomic E-state index is 14.1. The monoisotopic (exact) mass is 887 g/mol. The van der Waals surface area contributed by atoms with E-state index in [4.69, 9.17) is 14.2 Å².